The third-order valence-electron chi connectivity index (χ3n) is 4.57. The van der Waals surface area contributed by atoms with E-state index in [-0.39, 0.29) is 5.91 Å². The van der Waals surface area contributed by atoms with E-state index in [9.17, 15) is 4.79 Å². The summed E-state index contributed by atoms with van der Waals surface area (Å²) in [5.41, 5.74) is 3.83. The Morgan fingerprint density at radius 2 is 2.12 bits per heavy atom. The molecule has 132 valence electrons. The Balaban J connectivity index is 1.77. The van der Waals surface area contributed by atoms with Crippen LogP contribution in [-0.2, 0) is 21.8 Å². The highest BCUT2D eigenvalue weighted by Crippen LogP contribution is 2.42. The first kappa shape index (κ1) is 16.6. The fourth-order valence-corrected chi connectivity index (χ4v) is 4.37. The predicted molar refractivity (Wildman–Crippen MR) is 95.8 cm³/mol. The number of carbonyl (C=O) groups excluding carboxylic acids is 1. The Kier molecular flexibility index (Phi) is 4.78. The van der Waals surface area contributed by atoms with Crippen LogP contribution in [0.1, 0.15) is 16.1 Å². The molecule has 1 aromatic carbocycles. The van der Waals surface area contributed by atoms with Crippen molar-refractivity contribution >= 4 is 17.7 Å². The molecule has 0 N–H and O–H groups in total. The van der Waals surface area contributed by atoms with E-state index in [0.29, 0.717) is 45.1 Å². The third kappa shape index (κ3) is 3.07. The molecule has 2 aromatic rings. The number of morpholine rings is 1. The Hall–Kier alpha value is -1.83. The van der Waals surface area contributed by atoms with Gasteiger partial charge in [-0.25, -0.2) is 0 Å². The van der Waals surface area contributed by atoms with Crippen LogP contribution in [0, 0.1) is 0 Å². The maximum atomic E-state index is 13.0. The average Bonchev–Trinajstić information content (AvgIpc) is 3.05. The number of carbonyl (C=O) groups is 1. The molecule has 4 rings (SSSR count). The number of aromatic nitrogens is 2. The molecule has 2 aliphatic heterocycles. The molecule has 1 amide bonds. The van der Waals surface area contributed by atoms with Gasteiger partial charge in [0.2, 0.25) is 0 Å². The summed E-state index contributed by atoms with van der Waals surface area (Å²) in [6, 6.07) is 8.31. The monoisotopic (exact) mass is 359 g/mol. The Morgan fingerprint density at radius 3 is 2.92 bits per heavy atom. The van der Waals surface area contributed by atoms with Crippen molar-refractivity contribution in [3.63, 3.8) is 0 Å². The molecule has 1 fully saturated rings. The van der Waals surface area contributed by atoms with Crippen molar-refractivity contribution in [3.8, 4) is 11.3 Å². The predicted octanol–water partition coefficient (Wildman–Crippen LogP) is 2.27. The zero-order chi connectivity index (χ0) is 17.2. The van der Waals surface area contributed by atoms with Crippen molar-refractivity contribution < 1.29 is 14.3 Å². The smallest absolute Gasteiger partial charge is 0.274 e. The van der Waals surface area contributed by atoms with Gasteiger partial charge in [0.1, 0.15) is 0 Å². The van der Waals surface area contributed by atoms with E-state index in [4.69, 9.17) is 14.6 Å². The minimum absolute atomic E-state index is 0.00991. The molecule has 0 bridgehead atoms. The van der Waals surface area contributed by atoms with Crippen molar-refractivity contribution in [1.82, 2.24) is 14.7 Å². The number of rotatable bonds is 4. The second kappa shape index (κ2) is 7.19. The van der Waals surface area contributed by atoms with Gasteiger partial charge >= 0.3 is 0 Å². The number of hydrogen-bond donors (Lipinski definition) is 0. The Bertz CT molecular complexity index is 784. The molecule has 0 radical (unpaired) electrons. The fourth-order valence-electron chi connectivity index (χ4n) is 3.30. The van der Waals surface area contributed by atoms with Gasteiger partial charge in [0.15, 0.2) is 5.69 Å². The lowest BCUT2D eigenvalue weighted by atomic mass is 10.1. The summed E-state index contributed by atoms with van der Waals surface area (Å²) in [5, 5.41) is 4.69. The van der Waals surface area contributed by atoms with Crippen molar-refractivity contribution in [2.45, 2.75) is 17.2 Å². The highest BCUT2D eigenvalue weighted by Gasteiger charge is 2.31. The summed E-state index contributed by atoms with van der Waals surface area (Å²) in [5.74, 6) is 0.778. The van der Waals surface area contributed by atoms with Gasteiger partial charge in [0, 0.05) is 42.0 Å². The molecule has 2 aliphatic rings. The maximum absolute atomic E-state index is 13.0. The molecule has 0 unspecified atom stereocenters. The van der Waals surface area contributed by atoms with E-state index in [0.717, 1.165) is 22.6 Å². The molecule has 1 aromatic heterocycles. The normalized spacial score (nSPS) is 16.4. The van der Waals surface area contributed by atoms with Crippen molar-refractivity contribution in [2.75, 3.05) is 40.0 Å². The minimum Gasteiger partial charge on any atom is -0.383 e. The first-order chi connectivity index (χ1) is 12.3. The van der Waals surface area contributed by atoms with Crippen molar-refractivity contribution in [1.29, 1.82) is 0 Å². The fraction of sp³-hybridized carbons (Fsp3) is 0.444. The summed E-state index contributed by atoms with van der Waals surface area (Å²) < 4.78 is 12.5. The van der Waals surface area contributed by atoms with Gasteiger partial charge < -0.3 is 14.4 Å². The van der Waals surface area contributed by atoms with Crippen LogP contribution in [-0.4, -0.2) is 60.6 Å². The summed E-state index contributed by atoms with van der Waals surface area (Å²) in [6.07, 6.45) is 0. The number of thioether (sulfide) groups is 1. The topological polar surface area (TPSA) is 56.6 Å². The number of methoxy groups -OCH3 is 1. The van der Waals surface area contributed by atoms with Gasteiger partial charge in [-0.3, -0.25) is 9.48 Å². The lowest BCUT2D eigenvalue weighted by Gasteiger charge is -2.26. The number of amides is 1. The van der Waals surface area contributed by atoms with E-state index in [1.165, 1.54) is 4.90 Å². The van der Waals surface area contributed by atoms with Crippen molar-refractivity contribution in [2.24, 2.45) is 0 Å². The highest BCUT2D eigenvalue weighted by atomic mass is 32.2. The van der Waals surface area contributed by atoms with Gasteiger partial charge in [-0.1, -0.05) is 18.2 Å². The minimum atomic E-state index is 0.00991. The van der Waals surface area contributed by atoms with Gasteiger partial charge in [-0.2, -0.15) is 5.10 Å². The molecule has 7 heteroatoms. The lowest BCUT2D eigenvalue weighted by molar-refractivity contribution is 0.0297. The molecule has 0 aliphatic carbocycles. The number of ether oxygens (including phenoxy) is 2. The van der Waals surface area contributed by atoms with Gasteiger partial charge in [0.25, 0.3) is 5.91 Å². The zero-order valence-electron chi connectivity index (χ0n) is 14.2. The van der Waals surface area contributed by atoms with Crippen LogP contribution < -0.4 is 0 Å². The van der Waals surface area contributed by atoms with Gasteiger partial charge in [-0.05, 0) is 6.07 Å². The molecule has 1 saturated heterocycles. The van der Waals surface area contributed by atoms with Crippen LogP contribution in [0.3, 0.4) is 0 Å². The molecule has 6 nitrogen and oxygen atoms in total. The zero-order valence-corrected chi connectivity index (χ0v) is 15.1. The first-order valence-electron chi connectivity index (χ1n) is 8.47. The molecular weight excluding hydrogens is 338 g/mol. The van der Waals surface area contributed by atoms with E-state index < -0.39 is 0 Å². The summed E-state index contributed by atoms with van der Waals surface area (Å²) in [7, 11) is 1.68. The second-order valence-electron chi connectivity index (χ2n) is 6.08. The molecular formula is C18H21N3O3S. The highest BCUT2D eigenvalue weighted by molar-refractivity contribution is 7.98. The lowest BCUT2D eigenvalue weighted by Crippen LogP contribution is -2.41. The largest absolute Gasteiger partial charge is 0.383 e. The quantitative estimate of drug-likeness (QED) is 0.838. The standard InChI is InChI=1S/C18H21N3O3S/c1-23-9-8-21-17-13-4-2-3-5-15(13)25-12-14(17)16(19-21)18(22)20-6-10-24-11-7-20/h2-5H,6-12H2,1H3. The van der Waals surface area contributed by atoms with Gasteiger partial charge in [-0.15, -0.1) is 11.8 Å². The Labute approximate surface area is 151 Å². The molecule has 0 spiro atoms. The van der Waals surface area contributed by atoms with E-state index in [1.807, 2.05) is 21.7 Å². The number of nitrogens with zero attached hydrogens (tertiary/aromatic N) is 3. The molecule has 3 heterocycles. The van der Waals surface area contributed by atoms with Crippen LogP contribution in [0.15, 0.2) is 29.2 Å². The van der Waals surface area contributed by atoms with E-state index in [2.05, 4.69) is 12.1 Å². The number of benzene rings is 1. The van der Waals surface area contributed by atoms with Crippen LogP contribution in [0.25, 0.3) is 11.3 Å². The van der Waals surface area contributed by atoms with E-state index >= 15 is 0 Å². The second-order valence-corrected chi connectivity index (χ2v) is 7.10. The van der Waals surface area contributed by atoms with E-state index in [1.54, 1.807) is 18.9 Å². The van der Waals surface area contributed by atoms with Crippen LogP contribution in [0.2, 0.25) is 0 Å². The summed E-state index contributed by atoms with van der Waals surface area (Å²) in [6.45, 7) is 3.64. The van der Waals surface area contributed by atoms with Crippen LogP contribution in [0.5, 0.6) is 0 Å². The SMILES string of the molecule is COCCn1nc(C(=O)N2CCOCC2)c2c1-c1ccccc1SC2. The number of hydrogen-bond acceptors (Lipinski definition) is 5. The van der Waals surface area contributed by atoms with Crippen LogP contribution in [0.4, 0.5) is 0 Å². The third-order valence-corrected chi connectivity index (χ3v) is 5.67. The molecule has 25 heavy (non-hydrogen) atoms. The van der Waals surface area contributed by atoms with Gasteiger partial charge in [0.05, 0.1) is 32.1 Å². The Morgan fingerprint density at radius 1 is 1.32 bits per heavy atom. The van der Waals surface area contributed by atoms with Crippen LogP contribution >= 0.6 is 11.8 Å². The summed E-state index contributed by atoms with van der Waals surface area (Å²) in [4.78, 5) is 16.1. The molecule has 0 saturated carbocycles. The van der Waals surface area contributed by atoms with Crippen molar-refractivity contribution in [3.05, 3.63) is 35.5 Å². The summed E-state index contributed by atoms with van der Waals surface area (Å²) >= 11 is 1.77. The maximum Gasteiger partial charge on any atom is 0.274 e. The average molecular weight is 359 g/mol. The first-order valence-corrected chi connectivity index (χ1v) is 9.46. The molecule has 0 atom stereocenters. The number of fused-ring (bicyclic) bond motifs is 3.